The molecule has 0 fully saturated rings. The summed E-state index contributed by atoms with van der Waals surface area (Å²) in [6, 6.07) is 22.6. The van der Waals surface area contributed by atoms with Crippen LogP contribution in [-0.2, 0) is 5.41 Å². The van der Waals surface area contributed by atoms with Crippen molar-refractivity contribution in [1.82, 2.24) is 0 Å². The average Bonchev–Trinajstić information content (AvgIpc) is 2.83. The average molecular weight is 314 g/mol. The smallest absolute Gasteiger partial charge is 0.423 e. The number of benzene rings is 3. The van der Waals surface area contributed by atoms with Gasteiger partial charge in [0, 0.05) is 5.41 Å². The van der Waals surface area contributed by atoms with Crippen molar-refractivity contribution in [1.29, 1.82) is 0 Å². The minimum absolute atomic E-state index is 0.192. The van der Waals surface area contributed by atoms with E-state index in [1.54, 1.807) is 6.07 Å². The second-order valence-corrected chi connectivity index (χ2v) is 6.90. The fraction of sp³-hybridized carbons (Fsp3) is 0.143. The molecule has 0 atom stereocenters. The lowest BCUT2D eigenvalue weighted by Gasteiger charge is -2.25. The maximum atomic E-state index is 9.53. The molecule has 0 saturated heterocycles. The molecule has 3 aromatic carbocycles. The molecule has 3 aromatic rings. The van der Waals surface area contributed by atoms with Crippen LogP contribution in [0.2, 0.25) is 0 Å². The summed E-state index contributed by atoms with van der Waals surface area (Å²) in [5, 5.41) is 19.1. The summed E-state index contributed by atoms with van der Waals surface area (Å²) < 4.78 is 0. The van der Waals surface area contributed by atoms with E-state index >= 15 is 0 Å². The second kappa shape index (κ2) is 5.33. The Balaban J connectivity index is 1.99. The van der Waals surface area contributed by atoms with Gasteiger partial charge in [0.05, 0.1) is 0 Å². The van der Waals surface area contributed by atoms with Crippen LogP contribution in [0.4, 0.5) is 0 Å². The first-order valence-corrected chi connectivity index (χ1v) is 8.20. The van der Waals surface area contributed by atoms with Crippen molar-refractivity contribution in [2.75, 3.05) is 0 Å². The minimum atomic E-state index is -1.44. The van der Waals surface area contributed by atoms with E-state index in [9.17, 15) is 10.0 Å². The lowest BCUT2D eigenvalue weighted by atomic mass is 9.74. The van der Waals surface area contributed by atoms with Gasteiger partial charge in [-0.1, -0.05) is 80.6 Å². The first-order chi connectivity index (χ1) is 11.5. The zero-order valence-corrected chi connectivity index (χ0v) is 13.8. The van der Waals surface area contributed by atoms with Crippen LogP contribution in [0.5, 0.6) is 0 Å². The Labute approximate surface area is 142 Å². The molecular formula is C21H19BO2. The zero-order chi connectivity index (χ0) is 16.9. The Kier molecular flexibility index (Phi) is 3.38. The van der Waals surface area contributed by atoms with Gasteiger partial charge in [-0.2, -0.15) is 0 Å². The van der Waals surface area contributed by atoms with Crippen LogP contribution in [-0.4, -0.2) is 17.2 Å². The van der Waals surface area contributed by atoms with Crippen molar-refractivity contribution < 1.29 is 10.0 Å². The molecule has 0 heterocycles. The summed E-state index contributed by atoms with van der Waals surface area (Å²) in [6.07, 6.45) is 0. The monoisotopic (exact) mass is 314 g/mol. The quantitative estimate of drug-likeness (QED) is 0.712. The second-order valence-electron chi connectivity index (χ2n) is 6.90. The van der Waals surface area contributed by atoms with Crippen molar-refractivity contribution in [2.45, 2.75) is 19.3 Å². The molecule has 0 radical (unpaired) electrons. The highest BCUT2D eigenvalue weighted by molar-refractivity contribution is 6.58. The molecule has 0 aromatic heterocycles. The van der Waals surface area contributed by atoms with E-state index in [2.05, 4.69) is 56.3 Å². The van der Waals surface area contributed by atoms with E-state index < -0.39 is 7.12 Å². The first-order valence-electron chi connectivity index (χ1n) is 8.20. The van der Waals surface area contributed by atoms with Gasteiger partial charge in [0.1, 0.15) is 0 Å². The third-order valence-corrected chi connectivity index (χ3v) is 5.08. The first kappa shape index (κ1) is 15.2. The summed E-state index contributed by atoms with van der Waals surface area (Å²) in [5.41, 5.74) is 7.64. The van der Waals surface area contributed by atoms with Gasteiger partial charge in [-0.15, -0.1) is 0 Å². The van der Waals surface area contributed by atoms with Gasteiger partial charge in [-0.25, -0.2) is 0 Å². The van der Waals surface area contributed by atoms with Gasteiger partial charge in [0.2, 0.25) is 0 Å². The summed E-state index contributed by atoms with van der Waals surface area (Å²) in [7, 11) is -1.44. The fourth-order valence-corrected chi connectivity index (χ4v) is 3.92. The molecule has 0 saturated carbocycles. The molecule has 0 unspecified atom stereocenters. The molecule has 118 valence electrons. The van der Waals surface area contributed by atoms with Gasteiger partial charge in [-0.3, -0.25) is 0 Å². The third-order valence-electron chi connectivity index (χ3n) is 5.08. The van der Waals surface area contributed by atoms with E-state index in [4.69, 9.17) is 0 Å². The third kappa shape index (κ3) is 2.13. The molecule has 1 aliphatic rings. The van der Waals surface area contributed by atoms with Crippen molar-refractivity contribution >= 4 is 12.6 Å². The van der Waals surface area contributed by atoms with Gasteiger partial charge in [-0.05, 0) is 38.8 Å². The summed E-state index contributed by atoms with van der Waals surface area (Å²) in [4.78, 5) is 0. The Bertz CT molecular complexity index is 914. The highest BCUT2D eigenvalue weighted by atomic mass is 16.4. The number of hydrogen-bond donors (Lipinski definition) is 2. The van der Waals surface area contributed by atoms with E-state index in [-0.39, 0.29) is 5.41 Å². The number of rotatable bonds is 2. The molecule has 1 aliphatic carbocycles. The molecule has 0 bridgehead atoms. The van der Waals surface area contributed by atoms with E-state index in [1.165, 1.54) is 27.8 Å². The molecule has 3 heteroatoms. The van der Waals surface area contributed by atoms with Crippen LogP contribution in [0.15, 0.2) is 66.7 Å². The predicted molar refractivity (Wildman–Crippen MR) is 99.3 cm³/mol. The predicted octanol–water partition coefficient (Wildman–Crippen LogP) is 3.34. The number of fused-ring (bicyclic) bond motifs is 3. The fourth-order valence-electron chi connectivity index (χ4n) is 3.92. The Morgan fingerprint density at radius 1 is 0.750 bits per heavy atom. The Hall–Kier alpha value is -2.36. The normalized spacial score (nSPS) is 14.2. The van der Waals surface area contributed by atoms with Crippen LogP contribution < -0.4 is 5.46 Å². The highest BCUT2D eigenvalue weighted by Crippen LogP contribution is 2.51. The van der Waals surface area contributed by atoms with Crippen molar-refractivity contribution in [3.05, 3.63) is 77.9 Å². The van der Waals surface area contributed by atoms with Gasteiger partial charge >= 0.3 is 7.12 Å². The maximum absolute atomic E-state index is 9.53. The molecule has 0 amide bonds. The molecule has 0 aliphatic heterocycles. The Morgan fingerprint density at radius 2 is 1.46 bits per heavy atom. The zero-order valence-electron chi connectivity index (χ0n) is 13.8. The van der Waals surface area contributed by atoms with Crippen LogP contribution in [0, 0.1) is 0 Å². The maximum Gasteiger partial charge on any atom is 0.488 e. The molecule has 2 nitrogen and oxygen atoms in total. The van der Waals surface area contributed by atoms with Gasteiger partial charge in [0.25, 0.3) is 0 Å². The van der Waals surface area contributed by atoms with E-state index in [0.29, 0.717) is 5.46 Å². The SMILES string of the molecule is CC1(C)c2cc(B(O)O)ccc2-c2cccc(-c3ccccc3)c21. The van der Waals surface area contributed by atoms with Crippen molar-refractivity contribution in [3.8, 4) is 22.3 Å². The van der Waals surface area contributed by atoms with Crippen molar-refractivity contribution in [3.63, 3.8) is 0 Å². The van der Waals surface area contributed by atoms with Gasteiger partial charge in [0.15, 0.2) is 0 Å². The molecular weight excluding hydrogens is 295 g/mol. The number of hydrogen-bond acceptors (Lipinski definition) is 2. The highest BCUT2D eigenvalue weighted by Gasteiger charge is 2.38. The molecule has 4 rings (SSSR count). The molecule has 2 N–H and O–H groups in total. The minimum Gasteiger partial charge on any atom is -0.423 e. The van der Waals surface area contributed by atoms with Crippen LogP contribution in [0.1, 0.15) is 25.0 Å². The molecule has 0 spiro atoms. The van der Waals surface area contributed by atoms with Crippen LogP contribution in [0.3, 0.4) is 0 Å². The summed E-state index contributed by atoms with van der Waals surface area (Å²) in [6.45, 7) is 4.41. The summed E-state index contributed by atoms with van der Waals surface area (Å²) >= 11 is 0. The Morgan fingerprint density at radius 3 is 2.17 bits per heavy atom. The summed E-state index contributed by atoms with van der Waals surface area (Å²) in [5.74, 6) is 0. The van der Waals surface area contributed by atoms with E-state index in [0.717, 1.165) is 5.56 Å². The van der Waals surface area contributed by atoms with Gasteiger partial charge < -0.3 is 10.0 Å². The lowest BCUT2D eigenvalue weighted by Crippen LogP contribution is -2.31. The molecule has 24 heavy (non-hydrogen) atoms. The van der Waals surface area contributed by atoms with Crippen molar-refractivity contribution in [2.24, 2.45) is 0 Å². The lowest BCUT2D eigenvalue weighted by molar-refractivity contribution is 0.425. The van der Waals surface area contributed by atoms with E-state index in [1.807, 2.05) is 18.2 Å². The van der Waals surface area contributed by atoms with Crippen LogP contribution in [0.25, 0.3) is 22.3 Å². The van der Waals surface area contributed by atoms with Crippen LogP contribution >= 0.6 is 0 Å². The largest absolute Gasteiger partial charge is 0.488 e. The standard InChI is InChI=1S/C21H19BO2/c1-21(2)19-13-15(22(23)24)11-12-17(19)18-10-6-9-16(20(18)21)14-7-4-3-5-8-14/h3-13,23-24H,1-2H3. The topological polar surface area (TPSA) is 40.5 Å².